The largest absolute Gasteiger partial charge is 0.316 e. The second kappa shape index (κ2) is 7.42. The summed E-state index contributed by atoms with van der Waals surface area (Å²) in [5.74, 6) is 0.403. The molecule has 0 bridgehead atoms. The van der Waals surface area contributed by atoms with Crippen LogP contribution in [0.4, 0.5) is 0 Å². The van der Waals surface area contributed by atoms with Crippen molar-refractivity contribution in [2.45, 2.75) is 43.2 Å². The van der Waals surface area contributed by atoms with Crippen molar-refractivity contribution in [3.63, 3.8) is 0 Å². The molecule has 0 amide bonds. The molecule has 1 unspecified atom stereocenters. The third-order valence-corrected chi connectivity index (χ3v) is 6.97. The maximum absolute atomic E-state index is 12.3. The van der Waals surface area contributed by atoms with E-state index in [4.69, 9.17) is 0 Å². The summed E-state index contributed by atoms with van der Waals surface area (Å²) < 4.78 is 27.8. The van der Waals surface area contributed by atoms with Crippen molar-refractivity contribution in [3.05, 3.63) is 17.0 Å². The van der Waals surface area contributed by atoms with Crippen LogP contribution in [0, 0.1) is 5.92 Å². The van der Waals surface area contributed by atoms with Crippen molar-refractivity contribution in [2.24, 2.45) is 5.92 Å². The first-order valence-corrected chi connectivity index (χ1v) is 9.40. The van der Waals surface area contributed by atoms with E-state index in [2.05, 4.69) is 30.8 Å². The summed E-state index contributed by atoms with van der Waals surface area (Å²) in [4.78, 5) is 1.09. The molecule has 0 radical (unpaired) electrons. The molecule has 122 valence electrons. The van der Waals surface area contributed by atoms with E-state index in [0.717, 1.165) is 30.8 Å². The highest BCUT2D eigenvalue weighted by atomic mass is 35.5. The fourth-order valence-corrected chi connectivity index (χ4v) is 4.79. The zero-order valence-corrected chi connectivity index (χ0v) is 15.3. The highest BCUT2D eigenvalue weighted by molar-refractivity contribution is 7.91. The van der Waals surface area contributed by atoms with Gasteiger partial charge in [0.15, 0.2) is 0 Å². The van der Waals surface area contributed by atoms with Crippen LogP contribution in [0.25, 0.3) is 0 Å². The van der Waals surface area contributed by atoms with Gasteiger partial charge in [-0.3, -0.25) is 0 Å². The van der Waals surface area contributed by atoms with E-state index in [9.17, 15) is 8.42 Å². The Morgan fingerprint density at radius 1 is 1.38 bits per heavy atom. The number of halogens is 1. The van der Waals surface area contributed by atoms with Crippen molar-refractivity contribution >= 4 is 33.8 Å². The van der Waals surface area contributed by atoms with E-state index < -0.39 is 10.0 Å². The molecule has 1 aromatic rings. The van der Waals surface area contributed by atoms with Gasteiger partial charge in [0.2, 0.25) is 10.0 Å². The molecular weight excluding hydrogens is 328 g/mol. The predicted octanol–water partition coefficient (Wildman–Crippen LogP) is 2.75. The molecule has 1 atom stereocenters. The number of hydrogen-bond acceptors (Lipinski definition) is 4. The monoisotopic (exact) mass is 352 g/mol. The molecule has 7 heteroatoms. The number of thiophene rings is 1. The summed E-state index contributed by atoms with van der Waals surface area (Å²) >= 11 is 1.37. The van der Waals surface area contributed by atoms with Gasteiger partial charge in [0.25, 0.3) is 0 Å². The maximum atomic E-state index is 12.3. The van der Waals surface area contributed by atoms with Crippen molar-refractivity contribution in [3.8, 4) is 0 Å². The summed E-state index contributed by atoms with van der Waals surface area (Å²) in [6, 6.07) is 3.63. The Hall–Kier alpha value is -0.140. The molecule has 1 saturated heterocycles. The van der Waals surface area contributed by atoms with E-state index in [1.165, 1.54) is 11.3 Å². The summed E-state index contributed by atoms with van der Waals surface area (Å²) in [6.45, 7) is 8.75. The van der Waals surface area contributed by atoms with E-state index >= 15 is 0 Å². The van der Waals surface area contributed by atoms with Gasteiger partial charge in [-0.05, 0) is 49.4 Å². The quantitative estimate of drug-likeness (QED) is 0.876. The molecule has 2 rings (SSSR count). The molecule has 1 aliphatic rings. The highest BCUT2D eigenvalue weighted by Gasteiger charge is 2.23. The van der Waals surface area contributed by atoms with Gasteiger partial charge in [-0.2, -0.15) is 0 Å². The minimum Gasteiger partial charge on any atom is -0.316 e. The molecule has 1 aliphatic heterocycles. The first-order chi connectivity index (χ1) is 9.29. The first kappa shape index (κ1) is 18.9. The lowest BCUT2D eigenvalue weighted by molar-refractivity contribution is 0.376. The van der Waals surface area contributed by atoms with E-state index in [1.54, 1.807) is 6.07 Å². The van der Waals surface area contributed by atoms with Crippen LogP contribution in [0.15, 0.2) is 16.3 Å². The topological polar surface area (TPSA) is 58.2 Å². The smallest absolute Gasteiger partial charge is 0.250 e. The van der Waals surface area contributed by atoms with Gasteiger partial charge in [-0.15, -0.1) is 23.7 Å². The molecule has 2 heterocycles. The van der Waals surface area contributed by atoms with Crippen LogP contribution < -0.4 is 10.0 Å². The zero-order chi connectivity index (χ0) is 14.8. The van der Waals surface area contributed by atoms with Crippen molar-refractivity contribution < 1.29 is 8.42 Å². The SMILES string of the molecule is CC(C)(C)c1ccc(S(=O)(=O)NCC2CCCNC2)s1.Cl. The average Bonchev–Trinajstić information content (AvgIpc) is 2.88. The van der Waals surface area contributed by atoms with Gasteiger partial charge in [0.05, 0.1) is 0 Å². The van der Waals surface area contributed by atoms with Crippen LogP contribution in [0.2, 0.25) is 0 Å². The zero-order valence-electron chi connectivity index (χ0n) is 12.8. The molecule has 4 nitrogen and oxygen atoms in total. The Labute approximate surface area is 138 Å². The summed E-state index contributed by atoms with van der Waals surface area (Å²) in [6.07, 6.45) is 2.22. The van der Waals surface area contributed by atoms with Crippen LogP contribution in [0.5, 0.6) is 0 Å². The lowest BCUT2D eigenvalue weighted by Gasteiger charge is -2.22. The van der Waals surface area contributed by atoms with Gasteiger partial charge in [0.1, 0.15) is 4.21 Å². The summed E-state index contributed by atoms with van der Waals surface area (Å²) in [7, 11) is -3.36. The van der Waals surface area contributed by atoms with Gasteiger partial charge in [-0.25, -0.2) is 13.1 Å². The van der Waals surface area contributed by atoms with E-state index in [0.29, 0.717) is 16.7 Å². The van der Waals surface area contributed by atoms with Gasteiger partial charge < -0.3 is 5.32 Å². The Bertz CT molecular complexity index is 544. The third kappa shape index (κ3) is 5.21. The predicted molar refractivity (Wildman–Crippen MR) is 91.0 cm³/mol. The van der Waals surface area contributed by atoms with Crippen molar-refractivity contribution in [2.75, 3.05) is 19.6 Å². The van der Waals surface area contributed by atoms with Gasteiger partial charge in [-0.1, -0.05) is 20.8 Å². The van der Waals surface area contributed by atoms with E-state index in [1.807, 2.05) is 6.07 Å². The highest BCUT2D eigenvalue weighted by Crippen LogP contribution is 2.31. The molecule has 1 aromatic heterocycles. The number of nitrogens with one attached hydrogen (secondary N) is 2. The molecule has 21 heavy (non-hydrogen) atoms. The minimum absolute atomic E-state index is 0. The lowest BCUT2D eigenvalue weighted by atomic mass is 9.95. The van der Waals surface area contributed by atoms with E-state index in [-0.39, 0.29) is 17.8 Å². The summed E-state index contributed by atoms with van der Waals surface area (Å²) in [5, 5.41) is 3.30. The normalized spacial score (nSPS) is 20.0. The van der Waals surface area contributed by atoms with Crippen LogP contribution in [0.1, 0.15) is 38.5 Å². The second-order valence-electron chi connectivity index (χ2n) is 6.43. The Balaban J connectivity index is 0.00000220. The molecule has 1 fully saturated rings. The molecule has 2 N–H and O–H groups in total. The van der Waals surface area contributed by atoms with Crippen LogP contribution in [-0.4, -0.2) is 28.1 Å². The third-order valence-electron chi connectivity index (χ3n) is 3.55. The Kier molecular flexibility index (Phi) is 6.68. The Morgan fingerprint density at radius 3 is 2.62 bits per heavy atom. The van der Waals surface area contributed by atoms with Crippen LogP contribution >= 0.6 is 23.7 Å². The minimum atomic E-state index is -3.36. The average molecular weight is 353 g/mol. The molecule has 0 saturated carbocycles. The standard InChI is InChI=1S/C14H24N2O2S2.ClH/c1-14(2,3)12-6-7-13(19-12)20(17,18)16-10-11-5-4-8-15-9-11;/h6-7,11,15-16H,4-5,8-10H2,1-3H3;1H. The van der Waals surface area contributed by atoms with Gasteiger partial charge >= 0.3 is 0 Å². The number of hydrogen-bond donors (Lipinski definition) is 2. The van der Waals surface area contributed by atoms with Gasteiger partial charge in [0, 0.05) is 11.4 Å². The maximum Gasteiger partial charge on any atom is 0.250 e. The number of sulfonamides is 1. The number of piperidine rings is 1. The van der Waals surface area contributed by atoms with Crippen molar-refractivity contribution in [1.29, 1.82) is 0 Å². The fourth-order valence-electron chi connectivity index (χ4n) is 2.26. The van der Waals surface area contributed by atoms with Crippen LogP contribution in [0.3, 0.4) is 0 Å². The Morgan fingerprint density at radius 2 is 2.10 bits per heavy atom. The molecule has 0 aromatic carbocycles. The number of rotatable bonds is 4. The summed E-state index contributed by atoms with van der Waals surface area (Å²) in [5.41, 5.74) is -0.00821. The van der Waals surface area contributed by atoms with Crippen LogP contribution in [-0.2, 0) is 15.4 Å². The molecule has 0 aliphatic carbocycles. The fraction of sp³-hybridized carbons (Fsp3) is 0.714. The molecular formula is C14H25ClN2O2S2. The van der Waals surface area contributed by atoms with Crippen molar-refractivity contribution in [1.82, 2.24) is 10.0 Å². The molecule has 0 spiro atoms. The lowest BCUT2D eigenvalue weighted by Crippen LogP contribution is -2.37. The second-order valence-corrected chi connectivity index (χ2v) is 9.51. The first-order valence-electron chi connectivity index (χ1n) is 7.10.